The van der Waals surface area contributed by atoms with E-state index in [-0.39, 0.29) is 23.3 Å². The van der Waals surface area contributed by atoms with Crippen LogP contribution in [0.4, 0.5) is 5.69 Å². The first-order chi connectivity index (χ1) is 11.5. The fourth-order valence-electron chi connectivity index (χ4n) is 3.09. The maximum absolute atomic E-state index is 12.7. The van der Waals surface area contributed by atoms with Crippen molar-refractivity contribution < 1.29 is 17.9 Å². The SMILES string of the molecule is O=C1Cc2cc(S(=O)(=O)NC3CCOc4ccccc43)ccc2N1. The van der Waals surface area contributed by atoms with E-state index in [9.17, 15) is 13.2 Å². The molecule has 2 aliphatic heterocycles. The fourth-order valence-corrected chi connectivity index (χ4v) is 4.39. The van der Waals surface area contributed by atoms with E-state index >= 15 is 0 Å². The van der Waals surface area contributed by atoms with Gasteiger partial charge < -0.3 is 10.1 Å². The van der Waals surface area contributed by atoms with Gasteiger partial charge in [-0.2, -0.15) is 0 Å². The third-order valence-corrected chi connectivity index (χ3v) is 5.74. The summed E-state index contributed by atoms with van der Waals surface area (Å²) in [5.41, 5.74) is 2.22. The van der Waals surface area contributed by atoms with Gasteiger partial charge in [-0.3, -0.25) is 4.79 Å². The summed E-state index contributed by atoms with van der Waals surface area (Å²) in [6.45, 7) is 0.465. The van der Waals surface area contributed by atoms with Gasteiger partial charge in [0.15, 0.2) is 0 Å². The van der Waals surface area contributed by atoms with Crippen molar-refractivity contribution in [1.29, 1.82) is 0 Å². The summed E-state index contributed by atoms with van der Waals surface area (Å²) >= 11 is 0. The predicted octanol–water partition coefficient (Wildman–Crippen LogP) is 1.98. The molecule has 0 aliphatic carbocycles. The van der Waals surface area contributed by atoms with E-state index in [4.69, 9.17) is 4.74 Å². The van der Waals surface area contributed by atoms with E-state index in [0.29, 0.717) is 30.0 Å². The van der Waals surface area contributed by atoms with Crippen LogP contribution in [0.3, 0.4) is 0 Å². The molecule has 0 fully saturated rings. The topological polar surface area (TPSA) is 84.5 Å². The molecule has 4 rings (SSSR count). The van der Waals surface area contributed by atoms with E-state index in [1.165, 1.54) is 6.07 Å². The Labute approximate surface area is 139 Å². The van der Waals surface area contributed by atoms with Gasteiger partial charge in [0.05, 0.1) is 24.0 Å². The first-order valence-electron chi connectivity index (χ1n) is 7.70. The van der Waals surface area contributed by atoms with Crippen LogP contribution in [0.2, 0.25) is 0 Å². The van der Waals surface area contributed by atoms with Crippen LogP contribution in [0.15, 0.2) is 47.4 Å². The molecule has 7 heteroatoms. The number of amides is 1. The van der Waals surface area contributed by atoms with E-state index < -0.39 is 10.0 Å². The zero-order valence-corrected chi connectivity index (χ0v) is 13.6. The summed E-state index contributed by atoms with van der Waals surface area (Å²) in [4.78, 5) is 11.6. The summed E-state index contributed by atoms with van der Waals surface area (Å²) in [6, 6.07) is 11.8. The minimum atomic E-state index is -3.69. The lowest BCUT2D eigenvalue weighted by Crippen LogP contribution is -2.32. The molecule has 2 N–H and O–H groups in total. The average molecular weight is 344 g/mol. The Bertz CT molecular complexity index is 924. The number of fused-ring (bicyclic) bond motifs is 2. The summed E-state index contributed by atoms with van der Waals surface area (Å²) in [6.07, 6.45) is 0.778. The normalized spacial score (nSPS) is 19.2. The zero-order valence-electron chi connectivity index (χ0n) is 12.8. The molecular weight excluding hydrogens is 328 g/mol. The van der Waals surface area contributed by atoms with Gasteiger partial charge >= 0.3 is 0 Å². The van der Waals surface area contributed by atoms with Crippen LogP contribution in [0.1, 0.15) is 23.6 Å². The quantitative estimate of drug-likeness (QED) is 0.892. The van der Waals surface area contributed by atoms with Gasteiger partial charge in [-0.15, -0.1) is 0 Å². The molecule has 0 spiro atoms. The highest BCUT2D eigenvalue weighted by molar-refractivity contribution is 7.89. The first kappa shape index (κ1) is 15.2. The molecule has 0 saturated carbocycles. The van der Waals surface area contributed by atoms with Gasteiger partial charge in [0.1, 0.15) is 5.75 Å². The third kappa shape index (κ3) is 2.65. The van der Waals surface area contributed by atoms with Gasteiger partial charge in [-0.05, 0) is 29.8 Å². The second-order valence-electron chi connectivity index (χ2n) is 5.89. The average Bonchev–Trinajstić information content (AvgIpc) is 2.94. The minimum Gasteiger partial charge on any atom is -0.493 e. The number of hydrogen-bond donors (Lipinski definition) is 2. The van der Waals surface area contributed by atoms with Gasteiger partial charge in [0, 0.05) is 17.7 Å². The Kier molecular flexibility index (Phi) is 3.54. The number of sulfonamides is 1. The standard InChI is InChI=1S/C17H16N2O4S/c20-17-10-11-9-12(5-6-14(11)18-17)24(21,22)19-15-7-8-23-16-4-2-1-3-13(15)16/h1-6,9,15,19H,7-8,10H2,(H,18,20). The fraction of sp³-hybridized carbons (Fsp3) is 0.235. The number of benzene rings is 2. The molecule has 0 bridgehead atoms. The smallest absolute Gasteiger partial charge is 0.241 e. The molecule has 0 radical (unpaired) electrons. The van der Waals surface area contributed by atoms with Crippen molar-refractivity contribution in [3.8, 4) is 5.75 Å². The molecule has 1 amide bonds. The maximum Gasteiger partial charge on any atom is 0.241 e. The molecule has 2 aromatic rings. The van der Waals surface area contributed by atoms with Crippen LogP contribution in [0.25, 0.3) is 0 Å². The van der Waals surface area contributed by atoms with Gasteiger partial charge in [0.25, 0.3) is 0 Å². The number of nitrogens with one attached hydrogen (secondary N) is 2. The number of ether oxygens (including phenoxy) is 1. The lowest BCUT2D eigenvalue weighted by Gasteiger charge is -2.26. The van der Waals surface area contributed by atoms with Gasteiger partial charge in [-0.25, -0.2) is 13.1 Å². The predicted molar refractivity (Wildman–Crippen MR) is 88.4 cm³/mol. The molecule has 0 saturated heterocycles. The van der Waals surface area contributed by atoms with E-state index in [1.54, 1.807) is 12.1 Å². The van der Waals surface area contributed by atoms with Crippen LogP contribution >= 0.6 is 0 Å². The van der Waals surface area contributed by atoms with E-state index in [1.807, 2.05) is 24.3 Å². The molecule has 0 aromatic heterocycles. The highest BCUT2D eigenvalue weighted by Crippen LogP contribution is 2.33. The van der Waals surface area contributed by atoms with Gasteiger partial charge in [-0.1, -0.05) is 18.2 Å². The lowest BCUT2D eigenvalue weighted by molar-refractivity contribution is -0.115. The van der Waals surface area contributed by atoms with Crippen molar-refractivity contribution in [2.75, 3.05) is 11.9 Å². The summed E-state index contributed by atoms with van der Waals surface area (Å²) in [5, 5.41) is 2.70. The second kappa shape index (κ2) is 5.61. The number of para-hydroxylation sites is 1. The van der Waals surface area contributed by atoms with Crippen LogP contribution in [-0.2, 0) is 21.2 Å². The van der Waals surface area contributed by atoms with Crippen molar-refractivity contribution in [3.63, 3.8) is 0 Å². The number of anilines is 1. The van der Waals surface area contributed by atoms with E-state index in [0.717, 1.165) is 5.56 Å². The highest BCUT2D eigenvalue weighted by Gasteiger charge is 2.28. The van der Waals surface area contributed by atoms with Crippen molar-refractivity contribution >= 4 is 21.6 Å². The zero-order chi connectivity index (χ0) is 16.7. The Morgan fingerprint density at radius 1 is 1.17 bits per heavy atom. The molecule has 24 heavy (non-hydrogen) atoms. The number of rotatable bonds is 3. The highest BCUT2D eigenvalue weighted by atomic mass is 32.2. The Hall–Kier alpha value is -2.38. The number of hydrogen-bond acceptors (Lipinski definition) is 4. The molecule has 1 unspecified atom stereocenters. The second-order valence-corrected chi connectivity index (χ2v) is 7.61. The summed E-state index contributed by atoms with van der Waals surface area (Å²) in [7, 11) is -3.69. The van der Waals surface area contributed by atoms with Crippen LogP contribution in [-0.4, -0.2) is 20.9 Å². The maximum atomic E-state index is 12.7. The molecular formula is C17H16N2O4S. The van der Waals surface area contributed by atoms with Crippen molar-refractivity contribution in [2.24, 2.45) is 0 Å². The van der Waals surface area contributed by atoms with Crippen molar-refractivity contribution in [2.45, 2.75) is 23.8 Å². The summed E-state index contributed by atoms with van der Waals surface area (Å²) in [5.74, 6) is 0.589. The van der Waals surface area contributed by atoms with Crippen molar-refractivity contribution in [3.05, 3.63) is 53.6 Å². The number of carbonyl (C=O) groups excluding carboxylic acids is 1. The lowest BCUT2D eigenvalue weighted by atomic mass is 10.0. The molecule has 2 aliphatic rings. The molecule has 1 atom stereocenters. The first-order valence-corrected chi connectivity index (χ1v) is 9.18. The Morgan fingerprint density at radius 2 is 2.00 bits per heavy atom. The molecule has 124 valence electrons. The third-order valence-electron chi connectivity index (χ3n) is 4.27. The van der Waals surface area contributed by atoms with E-state index in [2.05, 4.69) is 10.0 Å². The minimum absolute atomic E-state index is 0.120. The molecule has 2 aromatic carbocycles. The number of carbonyl (C=O) groups is 1. The van der Waals surface area contributed by atoms with Crippen LogP contribution in [0, 0.1) is 0 Å². The van der Waals surface area contributed by atoms with Crippen LogP contribution < -0.4 is 14.8 Å². The van der Waals surface area contributed by atoms with Crippen molar-refractivity contribution in [1.82, 2.24) is 4.72 Å². The van der Waals surface area contributed by atoms with Gasteiger partial charge in [0.2, 0.25) is 15.9 Å². The monoisotopic (exact) mass is 344 g/mol. The largest absolute Gasteiger partial charge is 0.493 e. The Balaban J connectivity index is 1.63. The van der Waals surface area contributed by atoms with Crippen LogP contribution in [0.5, 0.6) is 5.75 Å². The Morgan fingerprint density at radius 3 is 2.88 bits per heavy atom. The summed E-state index contributed by atoms with van der Waals surface area (Å²) < 4.78 is 33.8. The molecule has 2 heterocycles. The molecule has 6 nitrogen and oxygen atoms in total.